The van der Waals surface area contributed by atoms with Gasteiger partial charge in [0.25, 0.3) is 0 Å². The average Bonchev–Trinajstić information content (AvgIpc) is 2.43. The highest BCUT2D eigenvalue weighted by Gasteiger charge is 2.12. The van der Waals surface area contributed by atoms with Gasteiger partial charge < -0.3 is 5.73 Å². The highest BCUT2D eigenvalue weighted by atomic mass is 79.9. The van der Waals surface area contributed by atoms with Gasteiger partial charge in [0.2, 0.25) is 0 Å². The fourth-order valence-electron chi connectivity index (χ4n) is 2.39. The van der Waals surface area contributed by atoms with Crippen molar-refractivity contribution in [2.24, 2.45) is 11.7 Å². The quantitative estimate of drug-likeness (QED) is 0.824. The normalized spacial score (nSPS) is 12.4. The van der Waals surface area contributed by atoms with Gasteiger partial charge in [-0.25, -0.2) is 0 Å². The molecule has 0 radical (unpaired) electrons. The fourth-order valence-corrected chi connectivity index (χ4v) is 3.14. The van der Waals surface area contributed by atoms with E-state index in [1.54, 1.807) is 0 Å². The van der Waals surface area contributed by atoms with Gasteiger partial charge in [0.1, 0.15) is 0 Å². The van der Waals surface area contributed by atoms with Gasteiger partial charge in [-0.1, -0.05) is 57.9 Å². The first-order chi connectivity index (χ1) is 9.60. The van der Waals surface area contributed by atoms with Crippen molar-refractivity contribution in [2.75, 3.05) is 6.54 Å². The van der Waals surface area contributed by atoms with E-state index in [0.29, 0.717) is 12.5 Å². The largest absolute Gasteiger partial charge is 0.330 e. The lowest BCUT2D eigenvalue weighted by Crippen LogP contribution is -2.20. The summed E-state index contributed by atoms with van der Waals surface area (Å²) in [5.41, 5.74) is 9.81. The summed E-state index contributed by atoms with van der Waals surface area (Å²) < 4.78 is 1.01. The van der Waals surface area contributed by atoms with E-state index in [4.69, 9.17) is 17.3 Å². The maximum Gasteiger partial charge on any atom is 0.0449 e. The van der Waals surface area contributed by atoms with Crippen LogP contribution in [-0.2, 0) is 12.8 Å². The molecular formula is C17H19BrClN. The second kappa shape index (κ2) is 7.26. The van der Waals surface area contributed by atoms with Crippen LogP contribution in [0.15, 0.2) is 46.9 Å². The summed E-state index contributed by atoms with van der Waals surface area (Å²) >= 11 is 9.73. The van der Waals surface area contributed by atoms with Gasteiger partial charge in [-0.3, -0.25) is 0 Å². The highest BCUT2D eigenvalue weighted by Crippen LogP contribution is 2.25. The molecule has 106 valence electrons. The van der Waals surface area contributed by atoms with Crippen molar-refractivity contribution in [1.29, 1.82) is 0 Å². The van der Waals surface area contributed by atoms with Gasteiger partial charge in [0, 0.05) is 9.50 Å². The topological polar surface area (TPSA) is 26.0 Å². The smallest absolute Gasteiger partial charge is 0.0449 e. The first-order valence-corrected chi connectivity index (χ1v) is 7.95. The van der Waals surface area contributed by atoms with E-state index >= 15 is 0 Å². The summed E-state index contributed by atoms with van der Waals surface area (Å²) in [7, 11) is 0. The Morgan fingerprint density at radius 3 is 2.45 bits per heavy atom. The summed E-state index contributed by atoms with van der Waals surface area (Å²) in [5, 5.41) is 0.808. The van der Waals surface area contributed by atoms with E-state index in [-0.39, 0.29) is 0 Å². The third-order valence-electron chi connectivity index (χ3n) is 3.63. The molecule has 1 nitrogen and oxygen atoms in total. The molecule has 0 bridgehead atoms. The molecule has 0 aromatic heterocycles. The van der Waals surface area contributed by atoms with Crippen LogP contribution in [0.2, 0.25) is 5.02 Å². The molecule has 0 aliphatic rings. The molecule has 2 aromatic rings. The zero-order valence-corrected chi connectivity index (χ0v) is 13.9. The first-order valence-electron chi connectivity index (χ1n) is 6.78. The molecule has 1 atom stereocenters. The Labute approximate surface area is 134 Å². The molecule has 0 aliphatic heterocycles. The van der Waals surface area contributed by atoms with Crippen LogP contribution in [-0.4, -0.2) is 6.54 Å². The van der Waals surface area contributed by atoms with Gasteiger partial charge >= 0.3 is 0 Å². The van der Waals surface area contributed by atoms with E-state index < -0.39 is 0 Å². The molecule has 1 unspecified atom stereocenters. The van der Waals surface area contributed by atoms with Gasteiger partial charge in [0.05, 0.1) is 0 Å². The summed E-state index contributed by atoms with van der Waals surface area (Å²) in [6.45, 7) is 2.82. The number of halogens is 2. The Bertz CT molecular complexity index is 583. The summed E-state index contributed by atoms with van der Waals surface area (Å²) in [5.74, 6) is 0.412. The van der Waals surface area contributed by atoms with Crippen molar-refractivity contribution >= 4 is 27.5 Å². The Morgan fingerprint density at radius 1 is 1.10 bits per heavy atom. The summed E-state index contributed by atoms with van der Waals surface area (Å²) in [6.07, 6.45) is 1.91. The van der Waals surface area contributed by atoms with Crippen molar-refractivity contribution in [2.45, 2.75) is 19.8 Å². The van der Waals surface area contributed by atoms with Crippen LogP contribution in [0.4, 0.5) is 0 Å². The maximum atomic E-state index is 6.29. The monoisotopic (exact) mass is 351 g/mol. The van der Waals surface area contributed by atoms with E-state index in [2.05, 4.69) is 53.2 Å². The molecule has 0 saturated heterocycles. The molecule has 0 saturated carbocycles. The molecule has 2 aromatic carbocycles. The Morgan fingerprint density at radius 2 is 1.80 bits per heavy atom. The van der Waals surface area contributed by atoms with Crippen LogP contribution < -0.4 is 5.73 Å². The van der Waals surface area contributed by atoms with Crippen LogP contribution in [0.25, 0.3) is 0 Å². The zero-order valence-electron chi connectivity index (χ0n) is 11.6. The third-order valence-corrected chi connectivity index (χ3v) is 4.47. The molecule has 2 N–H and O–H groups in total. The molecule has 0 heterocycles. The minimum atomic E-state index is 0.412. The number of nitrogens with two attached hydrogens (primary N) is 1. The minimum Gasteiger partial charge on any atom is -0.330 e. The molecule has 20 heavy (non-hydrogen) atoms. The van der Waals surface area contributed by atoms with Crippen LogP contribution in [0, 0.1) is 12.8 Å². The van der Waals surface area contributed by atoms with Crippen molar-refractivity contribution in [1.82, 2.24) is 0 Å². The first kappa shape index (κ1) is 15.6. The minimum absolute atomic E-state index is 0.412. The Hall–Kier alpha value is -0.830. The van der Waals surface area contributed by atoms with E-state index in [1.165, 1.54) is 16.7 Å². The lowest BCUT2D eigenvalue weighted by atomic mass is 9.91. The van der Waals surface area contributed by atoms with Gasteiger partial charge in [-0.05, 0) is 61.1 Å². The number of aryl methyl sites for hydroxylation is 1. The Balaban J connectivity index is 2.11. The third kappa shape index (κ3) is 4.08. The average molecular weight is 353 g/mol. The highest BCUT2D eigenvalue weighted by molar-refractivity contribution is 9.10. The van der Waals surface area contributed by atoms with Crippen molar-refractivity contribution in [3.63, 3.8) is 0 Å². The molecular weight excluding hydrogens is 334 g/mol. The zero-order chi connectivity index (χ0) is 14.5. The Kier molecular flexibility index (Phi) is 5.64. The number of hydrogen-bond acceptors (Lipinski definition) is 1. The predicted octanol–water partition coefficient (Wildman–Crippen LogP) is 4.77. The van der Waals surface area contributed by atoms with Crippen molar-refractivity contribution in [3.05, 3.63) is 68.7 Å². The standard InChI is InChI=1S/C17H19BrClN/c1-12-4-2-3-5-14(12)8-13(11-20)9-15-6-7-16(18)10-17(15)19/h2-7,10,13H,8-9,11,20H2,1H3. The van der Waals surface area contributed by atoms with Crippen LogP contribution >= 0.6 is 27.5 Å². The lowest BCUT2D eigenvalue weighted by molar-refractivity contribution is 0.532. The van der Waals surface area contributed by atoms with E-state index in [0.717, 1.165) is 22.3 Å². The summed E-state index contributed by atoms with van der Waals surface area (Å²) in [6, 6.07) is 14.5. The second-order valence-corrected chi connectivity index (χ2v) is 6.50. The molecule has 3 heteroatoms. The van der Waals surface area contributed by atoms with Crippen LogP contribution in [0.3, 0.4) is 0 Å². The molecule has 0 fully saturated rings. The number of rotatable bonds is 5. The SMILES string of the molecule is Cc1ccccc1CC(CN)Cc1ccc(Br)cc1Cl. The van der Waals surface area contributed by atoms with Gasteiger partial charge in [-0.2, -0.15) is 0 Å². The summed E-state index contributed by atoms with van der Waals surface area (Å²) in [4.78, 5) is 0. The molecule has 0 aliphatic carbocycles. The fraction of sp³-hybridized carbons (Fsp3) is 0.294. The molecule has 0 spiro atoms. The predicted molar refractivity (Wildman–Crippen MR) is 90.3 cm³/mol. The van der Waals surface area contributed by atoms with E-state index in [9.17, 15) is 0 Å². The number of benzene rings is 2. The lowest BCUT2D eigenvalue weighted by Gasteiger charge is -2.17. The van der Waals surface area contributed by atoms with Crippen molar-refractivity contribution < 1.29 is 0 Å². The van der Waals surface area contributed by atoms with Gasteiger partial charge in [-0.15, -0.1) is 0 Å². The van der Waals surface area contributed by atoms with Crippen molar-refractivity contribution in [3.8, 4) is 0 Å². The van der Waals surface area contributed by atoms with Crippen LogP contribution in [0.1, 0.15) is 16.7 Å². The maximum absolute atomic E-state index is 6.29. The van der Waals surface area contributed by atoms with E-state index in [1.807, 2.05) is 12.1 Å². The molecule has 2 rings (SSSR count). The second-order valence-electron chi connectivity index (χ2n) is 5.17. The van der Waals surface area contributed by atoms with Crippen LogP contribution in [0.5, 0.6) is 0 Å². The van der Waals surface area contributed by atoms with Gasteiger partial charge in [0.15, 0.2) is 0 Å². The number of hydrogen-bond donors (Lipinski definition) is 1. The molecule has 0 amide bonds.